The molecular weight excluding hydrogens is 304 g/mol. The van der Waals surface area contributed by atoms with E-state index in [2.05, 4.69) is 27.9 Å². The molecule has 25 heavy (non-hydrogen) atoms. The summed E-state index contributed by atoms with van der Waals surface area (Å²) >= 11 is 0. The van der Waals surface area contributed by atoms with Crippen molar-refractivity contribution in [2.45, 2.75) is 129 Å². The minimum absolute atomic E-state index is 0.302. The molecule has 0 fully saturated rings. The largest absolute Gasteiger partial charge is 0.314 e. The fraction of sp³-hybridized carbons (Fsp3) is 1.00. The van der Waals surface area contributed by atoms with E-state index in [0.717, 1.165) is 10.9 Å². The van der Waals surface area contributed by atoms with Gasteiger partial charge < -0.3 is 4.48 Å². The first-order chi connectivity index (χ1) is 12.0. The van der Waals surface area contributed by atoms with Crippen molar-refractivity contribution in [3.05, 3.63) is 0 Å². The Morgan fingerprint density at radius 1 is 0.560 bits per heavy atom. The lowest BCUT2D eigenvalue weighted by Gasteiger charge is -2.35. The molecule has 1 unspecified atom stereocenters. The van der Waals surface area contributed by atoms with Crippen LogP contribution in [-0.4, -0.2) is 31.3 Å². The SMILES string of the molecule is CCCCCCCCCCCCCCCCCC[N+](C)(C)C(N)CC. The molecule has 0 spiro atoms. The maximum absolute atomic E-state index is 6.19. The van der Waals surface area contributed by atoms with Crippen LogP contribution in [0.3, 0.4) is 0 Å². The minimum Gasteiger partial charge on any atom is -0.314 e. The maximum atomic E-state index is 6.19. The van der Waals surface area contributed by atoms with Gasteiger partial charge in [0.25, 0.3) is 0 Å². The zero-order valence-corrected chi connectivity index (χ0v) is 18.3. The second kappa shape index (κ2) is 17.3. The first-order valence-electron chi connectivity index (χ1n) is 11.6. The average Bonchev–Trinajstić information content (AvgIpc) is 2.60. The number of quaternary nitrogens is 1. The highest BCUT2D eigenvalue weighted by Crippen LogP contribution is 2.14. The van der Waals surface area contributed by atoms with Gasteiger partial charge in [0, 0.05) is 6.42 Å². The standard InChI is InChI=1S/C23H51N2/c1-5-7-8-9-10-11-12-13-14-15-16-17-18-19-20-21-22-25(3,4)23(24)6-2/h23H,5-22,24H2,1-4H3/q+1. The number of hydrogen-bond donors (Lipinski definition) is 1. The lowest BCUT2D eigenvalue weighted by atomic mass is 10.0. The first kappa shape index (κ1) is 24.9. The normalized spacial score (nSPS) is 13.3. The molecule has 0 aliphatic heterocycles. The molecule has 0 saturated carbocycles. The average molecular weight is 356 g/mol. The van der Waals surface area contributed by atoms with Crippen LogP contribution in [-0.2, 0) is 0 Å². The first-order valence-corrected chi connectivity index (χ1v) is 11.6. The van der Waals surface area contributed by atoms with Crippen LogP contribution in [0.15, 0.2) is 0 Å². The summed E-state index contributed by atoms with van der Waals surface area (Å²) in [5.74, 6) is 0. The van der Waals surface area contributed by atoms with Crippen LogP contribution in [0.4, 0.5) is 0 Å². The molecule has 2 heteroatoms. The van der Waals surface area contributed by atoms with Crippen LogP contribution in [0, 0.1) is 0 Å². The van der Waals surface area contributed by atoms with E-state index in [9.17, 15) is 0 Å². The zero-order chi connectivity index (χ0) is 18.8. The molecule has 0 saturated heterocycles. The Morgan fingerprint density at radius 3 is 1.20 bits per heavy atom. The summed E-state index contributed by atoms with van der Waals surface area (Å²) in [6, 6.07) is 0. The minimum atomic E-state index is 0.302. The van der Waals surface area contributed by atoms with E-state index < -0.39 is 0 Å². The van der Waals surface area contributed by atoms with E-state index in [1.165, 1.54) is 109 Å². The van der Waals surface area contributed by atoms with Gasteiger partial charge in [-0.05, 0) is 12.8 Å². The number of hydrogen-bond acceptors (Lipinski definition) is 1. The second-order valence-electron chi connectivity index (χ2n) is 8.78. The fourth-order valence-electron chi connectivity index (χ4n) is 3.73. The molecule has 2 N–H and O–H groups in total. The number of rotatable bonds is 19. The topological polar surface area (TPSA) is 26.0 Å². The Kier molecular flexibility index (Phi) is 17.3. The molecule has 0 aromatic heterocycles. The van der Waals surface area contributed by atoms with Crippen LogP contribution in [0.5, 0.6) is 0 Å². The van der Waals surface area contributed by atoms with E-state index in [0.29, 0.717) is 6.17 Å². The summed E-state index contributed by atoms with van der Waals surface area (Å²) in [4.78, 5) is 0. The molecule has 0 rings (SSSR count). The smallest absolute Gasteiger partial charge is 0.139 e. The zero-order valence-electron chi connectivity index (χ0n) is 18.3. The molecule has 0 bridgehead atoms. The Morgan fingerprint density at radius 2 is 0.880 bits per heavy atom. The van der Waals surface area contributed by atoms with Gasteiger partial charge in [-0.25, -0.2) is 0 Å². The van der Waals surface area contributed by atoms with Gasteiger partial charge in [-0.3, -0.25) is 5.73 Å². The predicted octanol–water partition coefficient (Wildman–Crippen LogP) is 7.02. The van der Waals surface area contributed by atoms with Gasteiger partial charge in [0.2, 0.25) is 0 Å². The maximum Gasteiger partial charge on any atom is 0.139 e. The summed E-state index contributed by atoms with van der Waals surface area (Å²) < 4.78 is 0.981. The third kappa shape index (κ3) is 15.9. The van der Waals surface area contributed by atoms with Gasteiger partial charge in [0.05, 0.1) is 20.6 Å². The van der Waals surface area contributed by atoms with Gasteiger partial charge in [0.15, 0.2) is 0 Å². The highest BCUT2D eigenvalue weighted by molar-refractivity contribution is 4.51. The van der Waals surface area contributed by atoms with Crippen molar-refractivity contribution >= 4 is 0 Å². The molecule has 0 aliphatic rings. The summed E-state index contributed by atoms with van der Waals surface area (Å²) in [5.41, 5.74) is 6.19. The number of nitrogens with zero attached hydrogens (tertiary/aromatic N) is 1. The van der Waals surface area contributed by atoms with E-state index in [1.54, 1.807) is 0 Å². The van der Waals surface area contributed by atoms with Crippen molar-refractivity contribution in [2.75, 3.05) is 20.6 Å². The highest BCUT2D eigenvalue weighted by atomic mass is 15.4. The monoisotopic (exact) mass is 355 g/mol. The molecular formula is C23H51N2+. The van der Waals surface area contributed by atoms with E-state index in [1.807, 2.05) is 0 Å². The summed E-state index contributed by atoms with van der Waals surface area (Å²) in [6.45, 7) is 5.72. The van der Waals surface area contributed by atoms with Gasteiger partial charge in [0.1, 0.15) is 6.17 Å². The van der Waals surface area contributed by atoms with Crippen molar-refractivity contribution in [1.29, 1.82) is 0 Å². The van der Waals surface area contributed by atoms with Gasteiger partial charge in [-0.2, -0.15) is 0 Å². The van der Waals surface area contributed by atoms with Crippen molar-refractivity contribution in [2.24, 2.45) is 5.73 Å². The molecule has 0 heterocycles. The lowest BCUT2D eigenvalue weighted by molar-refractivity contribution is -0.915. The molecule has 152 valence electrons. The van der Waals surface area contributed by atoms with Crippen molar-refractivity contribution in [3.63, 3.8) is 0 Å². The number of nitrogens with two attached hydrogens (primary N) is 1. The Hall–Kier alpha value is -0.0800. The van der Waals surface area contributed by atoms with E-state index in [4.69, 9.17) is 5.73 Å². The van der Waals surface area contributed by atoms with Crippen LogP contribution >= 0.6 is 0 Å². The fourth-order valence-corrected chi connectivity index (χ4v) is 3.73. The van der Waals surface area contributed by atoms with Crippen LogP contribution in [0.2, 0.25) is 0 Å². The third-order valence-electron chi connectivity index (χ3n) is 5.90. The van der Waals surface area contributed by atoms with Crippen molar-refractivity contribution in [3.8, 4) is 0 Å². The van der Waals surface area contributed by atoms with Gasteiger partial charge in [-0.1, -0.05) is 104 Å². The lowest BCUT2D eigenvalue weighted by Crippen LogP contribution is -2.53. The summed E-state index contributed by atoms with van der Waals surface area (Å²) in [7, 11) is 4.55. The quantitative estimate of drug-likeness (QED) is 0.150. The highest BCUT2D eigenvalue weighted by Gasteiger charge is 2.21. The van der Waals surface area contributed by atoms with E-state index in [-0.39, 0.29) is 0 Å². The van der Waals surface area contributed by atoms with Crippen molar-refractivity contribution < 1.29 is 4.48 Å². The predicted molar refractivity (Wildman–Crippen MR) is 115 cm³/mol. The third-order valence-corrected chi connectivity index (χ3v) is 5.90. The summed E-state index contributed by atoms with van der Waals surface area (Å²) in [5, 5.41) is 0. The van der Waals surface area contributed by atoms with Crippen molar-refractivity contribution in [1.82, 2.24) is 0 Å². The molecule has 2 nitrogen and oxygen atoms in total. The molecule has 0 radical (unpaired) electrons. The molecule has 0 aromatic rings. The molecule has 0 aliphatic carbocycles. The van der Waals surface area contributed by atoms with Crippen LogP contribution < -0.4 is 5.73 Å². The molecule has 0 aromatic carbocycles. The summed E-state index contributed by atoms with van der Waals surface area (Å²) in [6.07, 6.45) is 24.4. The van der Waals surface area contributed by atoms with Gasteiger partial charge in [-0.15, -0.1) is 0 Å². The molecule has 0 amide bonds. The second-order valence-corrected chi connectivity index (χ2v) is 8.78. The Balaban J connectivity index is 3.19. The number of unbranched alkanes of at least 4 members (excludes halogenated alkanes) is 15. The van der Waals surface area contributed by atoms with Crippen LogP contribution in [0.25, 0.3) is 0 Å². The Labute approximate surface area is 160 Å². The molecule has 1 atom stereocenters. The van der Waals surface area contributed by atoms with Crippen LogP contribution in [0.1, 0.15) is 123 Å². The van der Waals surface area contributed by atoms with E-state index >= 15 is 0 Å². The Bertz CT molecular complexity index is 263. The van der Waals surface area contributed by atoms with Gasteiger partial charge >= 0.3 is 0 Å².